The van der Waals surface area contributed by atoms with Crippen LogP contribution in [0.1, 0.15) is 52.4 Å². The SMILES string of the molecule is C1CCN(C2CC[N-]CC2)CC1.CCC.[K+]. The molecule has 0 aromatic carbocycles. The van der Waals surface area contributed by atoms with E-state index in [1.165, 1.54) is 51.6 Å². The zero-order valence-electron chi connectivity index (χ0n) is 11.5. The molecule has 0 amide bonds. The molecule has 2 heterocycles. The van der Waals surface area contributed by atoms with Gasteiger partial charge in [0.25, 0.3) is 0 Å². The van der Waals surface area contributed by atoms with Crippen molar-refractivity contribution in [2.75, 3.05) is 26.2 Å². The summed E-state index contributed by atoms with van der Waals surface area (Å²) in [6.45, 7) is 9.18. The number of rotatable bonds is 1. The second-order valence-corrected chi connectivity index (χ2v) is 4.71. The number of piperidine rings is 2. The molecule has 2 fully saturated rings. The monoisotopic (exact) mass is 250 g/mol. The summed E-state index contributed by atoms with van der Waals surface area (Å²) in [7, 11) is 0. The Hall–Kier alpha value is 1.56. The molecular weight excluding hydrogens is 223 g/mol. The fourth-order valence-corrected chi connectivity index (χ4v) is 2.39. The van der Waals surface area contributed by atoms with Gasteiger partial charge in [0.05, 0.1) is 0 Å². The minimum atomic E-state index is 0. The smallest absolute Gasteiger partial charge is 0.662 e. The summed E-state index contributed by atoms with van der Waals surface area (Å²) in [6.07, 6.45) is 8.19. The van der Waals surface area contributed by atoms with Crippen LogP contribution in [0, 0.1) is 0 Å². The zero-order chi connectivity index (χ0) is 10.9. The molecule has 2 nitrogen and oxygen atoms in total. The van der Waals surface area contributed by atoms with Gasteiger partial charge in [0.1, 0.15) is 0 Å². The van der Waals surface area contributed by atoms with Crippen molar-refractivity contribution in [1.82, 2.24) is 4.90 Å². The second kappa shape index (κ2) is 11.6. The Labute approximate surface area is 144 Å². The van der Waals surface area contributed by atoms with Gasteiger partial charge in [-0.3, -0.25) is 0 Å². The average molecular weight is 250 g/mol. The summed E-state index contributed by atoms with van der Waals surface area (Å²) in [5.74, 6) is 0. The van der Waals surface area contributed by atoms with Crippen LogP contribution < -0.4 is 51.4 Å². The number of likely N-dealkylation sites (tertiary alicyclic amines) is 1. The molecule has 0 aromatic heterocycles. The van der Waals surface area contributed by atoms with Crippen LogP contribution in [0.3, 0.4) is 0 Å². The number of nitrogens with zero attached hydrogens (tertiary/aromatic N) is 2. The van der Waals surface area contributed by atoms with Crippen LogP contribution in [-0.2, 0) is 0 Å². The van der Waals surface area contributed by atoms with E-state index in [1.54, 1.807) is 0 Å². The molecule has 0 aromatic rings. The van der Waals surface area contributed by atoms with E-state index in [4.69, 9.17) is 0 Å². The van der Waals surface area contributed by atoms with Gasteiger partial charge in [-0.1, -0.05) is 39.5 Å². The molecule has 0 bridgehead atoms. The van der Waals surface area contributed by atoms with Crippen molar-refractivity contribution in [3.8, 4) is 0 Å². The fourth-order valence-electron chi connectivity index (χ4n) is 2.39. The van der Waals surface area contributed by atoms with Crippen LogP contribution in [-0.4, -0.2) is 37.1 Å². The van der Waals surface area contributed by atoms with E-state index in [9.17, 15) is 0 Å². The van der Waals surface area contributed by atoms with Crippen molar-refractivity contribution in [3.63, 3.8) is 0 Å². The van der Waals surface area contributed by atoms with Crippen molar-refractivity contribution in [2.45, 2.75) is 58.4 Å². The van der Waals surface area contributed by atoms with Crippen molar-refractivity contribution in [1.29, 1.82) is 0 Å². The Balaban J connectivity index is 0.000000511. The van der Waals surface area contributed by atoms with Crippen molar-refractivity contribution in [2.24, 2.45) is 0 Å². The van der Waals surface area contributed by atoms with Gasteiger partial charge in [-0.25, -0.2) is 0 Å². The summed E-state index contributed by atoms with van der Waals surface area (Å²) in [5, 5.41) is 4.40. The Morgan fingerprint density at radius 3 is 2.00 bits per heavy atom. The van der Waals surface area contributed by atoms with E-state index < -0.39 is 0 Å². The molecule has 3 heteroatoms. The summed E-state index contributed by atoms with van der Waals surface area (Å²) in [5.41, 5.74) is 0. The molecule has 0 saturated carbocycles. The molecule has 0 N–H and O–H groups in total. The first-order valence-electron chi connectivity index (χ1n) is 6.75. The Morgan fingerprint density at radius 2 is 1.50 bits per heavy atom. The van der Waals surface area contributed by atoms with Gasteiger partial charge < -0.3 is 10.2 Å². The van der Waals surface area contributed by atoms with E-state index in [1.807, 2.05) is 0 Å². The summed E-state index contributed by atoms with van der Waals surface area (Å²) < 4.78 is 0. The number of hydrogen-bond donors (Lipinski definition) is 0. The quantitative estimate of drug-likeness (QED) is 0.617. The summed E-state index contributed by atoms with van der Waals surface area (Å²) in [4.78, 5) is 2.69. The molecule has 2 saturated heterocycles. The molecule has 0 atom stereocenters. The third-order valence-corrected chi connectivity index (χ3v) is 3.15. The van der Waals surface area contributed by atoms with Crippen LogP contribution in [0.2, 0.25) is 0 Å². The standard InChI is InChI=1S/C10H19N2.C3H8.K/c1-2-8-12(9-3-1)10-4-6-11-7-5-10;1-3-2;/h10H,1-9H2;3H2,1-2H3;/q-1;;+1. The molecule has 0 unspecified atom stereocenters. The van der Waals surface area contributed by atoms with Gasteiger partial charge in [-0.15, -0.1) is 13.1 Å². The number of hydrogen-bond acceptors (Lipinski definition) is 1. The average Bonchev–Trinajstić information content (AvgIpc) is 2.32. The fraction of sp³-hybridized carbons (Fsp3) is 1.00. The summed E-state index contributed by atoms with van der Waals surface area (Å²) >= 11 is 0. The van der Waals surface area contributed by atoms with E-state index >= 15 is 0 Å². The molecule has 0 radical (unpaired) electrons. The van der Waals surface area contributed by atoms with Gasteiger partial charge in [0.2, 0.25) is 0 Å². The maximum absolute atomic E-state index is 4.40. The van der Waals surface area contributed by atoms with Crippen LogP contribution >= 0.6 is 0 Å². The van der Waals surface area contributed by atoms with E-state index in [2.05, 4.69) is 24.1 Å². The van der Waals surface area contributed by atoms with Crippen LogP contribution in [0.4, 0.5) is 0 Å². The molecule has 2 aliphatic heterocycles. The third kappa shape index (κ3) is 7.09. The normalized spacial score (nSPS) is 22.9. The van der Waals surface area contributed by atoms with Crippen molar-refractivity contribution >= 4 is 0 Å². The van der Waals surface area contributed by atoms with Crippen LogP contribution in [0.5, 0.6) is 0 Å². The van der Waals surface area contributed by atoms with Gasteiger partial charge in [-0.2, -0.15) is 0 Å². The molecular formula is C13H27KN2. The molecule has 2 aliphatic rings. The first-order valence-corrected chi connectivity index (χ1v) is 6.75. The second-order valence-electron chi connectivity index (χ2n) is 4.71. The van der Waals surface area contributed by atoms with E-state index in [0.29, 0.717) is 0 Å². The van der Waals surface area contributed by atoms with Crippen molar-refractivity contribution < 1.29 is 51.4 Å². The Morgan fingerprint density at radius 1 is 1.00 bits per heavy atom. The van der Waals surface area contributed by atoms with Gasteiger partial charge in [0.15, 0.2) is 0 Å². The van der Waals surface area contributed by atoms with E-state index in [-0.39, 0.29) is 51.4 Å². The first kappa shape index (κ1) is 17.6. The maximum Gasteiger partial charge on any atom is 1.00 e. The first-order chi connectivity index (χ1) is 7.38. The third-order valence-electron chi connectivity index (χ3n) is 3.15. The maximum atomic E-state index is 4.40. The Bertz CT molecular complexity index is 125. The topological polar surface area (TPSA) is 17.3 Å². The van der Waals surface area contributed by atoms with Crippen molar-refractivity contribution in [3.05, 3.63) is 5.32 Å². The van der Waals surface area contributed by atoms with Crippen LogP contribution in [0.15, 0.2) is 0 Å². The predicted molar refractivity (Wildman–Crippen MR) is 67.5 cm³/mol. The van der Waals surface area contributed by atoms with Gasteiger partial charge in [0, 0.05) is 6.04 Å². The molecule has 16 heavy (non-hydrogen) atoms. The molecule has 2 rings (SSSR count). The zero-order valence-corrected chi connectivity index (χ0v) is 14.7. The largest absolute Gasteiger partial charge is 1.00 e. The predicted octanol–water partition coefficient (Wildman–Crippen LogP) is 0.429. The van der Waals surface area contributed by atoms with E-state index in [0.717, 1.165) is 19.1 Å². The summed E-state index contributed by atoms with van der Waals surface area (Å²) in [6, 6.07) is 0.878. The molecule has 0 aliphatic carbocycles. The van der Waals surface area contributed by atoms with Gasteiger partial charge >= 0.3 is 51.4 Å². The van der Waals surface area contributed by atoms with Gasteiger partial charge in [-0.05, 0) is 25.9 Å². The Kier molecular flexibility index (Phi) is 12.8. The van der Waals surface area contributed by atoms with Crippen LogP contribution in [0.25, 0.3) is 5.32 Å². The minimum Gasteiger partial charge on any atom is -0.662 e. The molecule has 90 valence electrons. The molecule has 0 spiro atoms. The minimum absolute atomic E-state index is 0.